The van der Waals surface area contributed by atoms with Crippen LogP contribution in [-0.2, 0) is 0 Å². The van der Waals surface area contributed by atoms with Crippen molar-refractivity contribution >= 4 is 118 Å². The molecule has 0 fully saturated rings. The Morgan fingerprint density at radius 3 is 1.06 bits per heavy atom. The lowest BCUT2D eigenvalue weighted by atomic mass is 9.72. The Hall–Kier alpha value is -5.14. The van der Waals surface area contributed by atoms with E-state index in [4.69, 9.17) is 46.4 Å². The summed E-state index contributed by atoms with van der Waals surface area (Å²) >= 11 is 27.5. The maximum absolute atomic E-state index is 9.94. The average molecular weight is 953 g/mol. The monoisotopic (exact) mass is 950 g/mol. The first-order valence-electron chi connectivity index (χ1n) is 20.1. The van der Waals surface area contributed by atoms with Gasteiger partial charge in [-0.25, -0.2) is 0 Å². The Bertz CT molecular complexity index is 3030. The molecule has 0 amide bonds. The summed E-state index contributed by atoms with van der Waals surface area (Å²) in [6, 6.07) is 64.5. The summed E-state index contributed by atoms with van der Waals surface area (Å²) in [7, 11) is -1.50. The van der Waals surface area contributed by atoms with Crippen molar-refractivity contribution in [3.8, 4) is 33.4 Å². The van der Waals surface area contributed by atoms with Crippen LogP contribution in [0.3, 0.4) is 0 Å². The third-order valence-corrected chi connectivity index (χ3v) is 12.4. The predicted molar refractivity (Wildman–Crippen MR) is 275 cm³/mol. The molecule has 0 saturated carbocycles. The number of benzene rings is 10. The van der Waals surface area contributed by atoms with Gasteiger partial charge in [-0.2, -0.15) is 0 Å². The van der Waals surface area contributed by atoms with E-state index in [2.05, 4.69) is 101 Å². The average Bonchev–Trinajstić information content (AvgIpc) is 3.31. The van der Waals surface area contributed by atoms with E-state index in [1.807, 2.05) is 105 Å². The molecule has 0 spiro atoms. The zero-order valence-electron chi connectivity index (χ0n) is 33.8. The lowest BCUT2D eigenvalue weighted by molar-refractivity contribution is 0.426. The van der Waals surface area contributed by atoms with E-state index in [1.54, 1.807) is 18.2 Å². The molecular weight excluding hydrogens is 913 g/mol. The summed E-state index contributed by atoms with van der Waals surface area (Å²) in [5, 5.41) is 31.2. The van der Waals surface area contributed by atoms with Crippen LogP contribution in [0.25, 0.3) is 76.5 Å². The minimum atomic E-state index is -1.50. The second-order valence-electron chi connectivity index (χ2n) is 14.0. The fraction of sp³-hybridized carbons (Fsp3) is 0.0370. The number of hydrogen-bond donors (Lipinski definition) is 2. The van der Waals surface area contributed by atoms with Gasteiger partial charge in [0.25, 0.3) is 0 Å². The maximum atomic E-state index is 9.94. The molecule has 306 valence electrons. The first-order chi connectivity index (χ1) is 30.2. The van der Waals surface area contributed by atoms with Gasteiger partial charge in [-0.1, -0.05) is 218 Å². The van der Waals surface area contributed by atoms with Gasteiger partial charge in [0.05, 0.1) is 5.02 Å². The van der Waals surface area contributed by atoms with Gasteiger partial charge >= 0.3 is 7.12 Å². The zero-order valence-corrected chi connectivity index (χ0v) is 38.4. The molecule has 0 aliphatic rings. The molecule has 0 unspecified atom stereocenters. The van der Waals surface area contributed by atoms with E-state index in [9.17, 15) is 10.0 Å². The van der Waals surface area contributed by atoms with E-state index in [1.165, 1.54) is 32.7 Å². The fourth-order valence-corrected chi connectivity index (χ4v) is 9.03. The van der Waals surface area contributed by atoms with Gasteiger partial charge in [-0.15, -0.1) is 0 Å². The van der Waals surface area contributed by atoms with Crippen LogP contribution in [0.1, 0.15) is 13.8 Å². The first-order valence-corrected chi connectivity index (χ1v) is 22.4. The first kappa shape index (κ1) is 44.9. The smallest absolute Gasteiger partial charge is 0.423 e. The SMILES string of the molecule is CC.Clc1ccc(Cl)c(-c2c3ccccc3c(-c3ccccc3)c3ccccc23)c1.Clc1ccc(Cl)c(Br)c1.OB(O)c1c2ccccc2c(-c2ccccc2)c2ccccc12. The second kappa shape index (κ2) is 20.8. The predicted octanol–water partition coefficient (Wildman–Crippen LogP) is 16.8. The van der Waals surface area contributed by atoms with Crippen molar-refractivity contribution in [1.29, 1.82) is 0 Å². The highest BCUT2D eigenvalue weighted by molar-refractivity contribution is 9.10. The van der Waals surface area contributed by atoms with Crippen molar-refractivity contribution in [1.82, 2.24) is 0 Å². The molecule has 0 atom stereocenters. The molecular formula is C54H40BBrCl4O2. The van der Waals surface area contributed by atoms with Crippen LogP contribution < -0.4 is 5.46 Å². The van der Waals surface area contributed by atoms with Gasteiger partial charge in [-0.05, 0) is 129 Å². The highest BCUT2D eigenvalue weighted by Gasteiger charge is 2.22. The Morgan fingerprint density at radius 2 is 0.694 bits per heavy atom. The number of fused-ring (bicyclic) bond motifs is 4. The molecule has 0 aromatic heterocycles. The van der Waals surface area contributed by atoms with Crippen LogP contribution in [0.4, 0.5) is 0 Å². The lowest BCUT2D eigenvalue weighted by Crippen LogP contribution is -2.31. The molecule has 2 nitrogen and oxygen atoms in total. The van der Waals surface area contributed by atoms with Crippen molar-refractivity contribution in [2.75, 3.05) is 0 Å². The molecule has 62 heavy (non-hydrogen) atoms. The Balaban J connectivity index is 0.000000153. The number of rotatable bonds is 4. The highest BCUT2D eigenvalue weighted by atomic mass is 79.9. The van der Waals surface area contributed by atoms with E-state index in [0.717, 1.165) is 48.3 Å². The van der Waals surface area contributed by atoms with Crippen LogP contribution in [0, 0.1) is 0 Å². The molecule has 0 saturated heterocycles. The molecule has 0 aliphatic carbocycles. The van der Waals surface area contributed by atoms with Crippen molar-refractivity contribution in [2.24, 2.45) is 0 Å². The van der Waals surface area contributed by atoms with Crippen molar-refractivity contribution in [3.05, 3.63) is 219 Å². The molecule has 10 aromatic carbocycles. The molecule has 8 heteroatoms. The van der Waals surface area contributed by atoms with E-state index < -0.39 is 7.12 Å². The fourth-order valence-electron chi connectivity index (χ4n) is 7.85. The molecule has 0 aliphatic heterocycles. The largest absolute Gasteiger partial charge is 0.489 e. The van der Waals surface area contributed by atoms with Crippen LogP contribution in [0.2, 0.25) is 20.1 Å². The van der Waals surface area contributed by atoms with E-state index >= 15 is 0 Å². The highest BCUT2D eigenvalue weighted by Crippen LogP contribution is 2.45. The summed E-state index contributed by atoms with van der Waals surface area (Å²) < 4.78 is 0.830. The summed E-state index contributed by atoms with van der Waals surface area (Å²) in [4.78, 5) is 0. The van der Waals surface area contributed by atoms with E-state index in [0.29, 0.717) is 25.6 Å². The molecule has 0 heterocycles. The van der Waals surface area contributed by atoms with Crippen LogP contribution in [0.5, 0.6) is 0 Å². The van der Waals surface area contributed by atoms with E-state index in [-0.39, 0.29) is 0 Å². The third kappa shape index (κ3) is 9.59. The van der Waals surface area contributed by atoms with Crippen molar-refractivity contribution < 1.29 is 10.0 Å². The minimum absolute atomic E-state index is 0.566. The summed E-state index contributed by atoms with van der Waals surface area (Å²) in [5.74, 6) is 0. The zero-order chi connectivity index (χ0) is 43.8. The number of halogens is 5. The van der Waals surface area contributed by atoms with Gasteiger partial charge in [0, 0.05) is 25.1 Å². The van der Waals surface area contributed by atoms with Crippen molar-refractivity contribution in [3.63, 3.8) is 0 Å². The standard InChI is InChI=1S/C26H16Cl2.C20H15BO2.C6H3BrCl2.C2H6/c27-18-14-15-24(28)23(16-18)26-21-12-6-4-10-19(21)25(17-8-2-1-3-9-17)20-11-5-7-13-22(20)26;22-21(23)20-17-12-6-4-10-15(17)19(14-8-2-1-3-9-14)16-11-5-7-13-18(16)20;7-5-3-4(8)1-2-6(5)9;1-2/h1-16H;1-13,22-23H;1-3H;1-2H3. The van der Waals surface area contributed by atoms with Gasteiger partial charge in [0.1, 0.15) is 0 Å². The van der Waals surface area contributed by atoms with Gasteiger partial charge < -0.3 is 10.0 Å². The second-order valence-corrected chi connectivity index (χ2v) is 16.6. The van der Waals surface area contributed by atoms with Crippen LogP contribution in [0.15, 0.2) is 199 Å². The molecule has 0 bridgehead atoms. The Labute approximate surface area is 391 Å². The summed E-state index contributed by atoms with van der Waals surface area (Å²) in [6.45, 7) is 4.00. The molecule has 0 radical (unpaired) electrons. The lowest BCUT2D eigenvalue weighted by Gasteiger charge is -2.18. The summed E-state index contributed by atoms with van der Waals surface area (Å²) in [6.07, 6.45) is 0. The van der Waals surface area contributed by atoms with Crippen LogP contribution in [-0.4, -0.2) is 17.2 Å². The normalized spacial score (nSPS) is 10.7. The molecule has 2 N–H and O–H groups in total. The van der Waals surface area contributed by atoms with Gasteiger partial charge in [0.15, 0.2) is 0 Å². The summed E-state index contributed by atoms with van der Waals surface area (Å²) in [5.41, 5.74) is 7.35. The van der Waals surface area contributed by atoms with Crippen molar-refractivity contribution in [2.45, 2.75) is 13.8 Å². The molecule has 10 rings (SSSR count). The number of hydrogen-bond acceptors (Lipinski definition) is 2. The third-order valence-electron chi connectivity index (χ3n) is 10.4. The Kier molecular flexibility index (Phi) is 15.1. The molecule has 10 aromatic rings. The van der Waals surface area contributed by atoms with Gasteiger partial charge in [-0.3, -0.25) is 0 Å². The minimum Gasteiger partial charge on any atom is -0.423 e. The van der Waals surface area contributed by atoms with Gasteiger partial charge in [0.2, 0.25) is 0 Å². The Morgan fingerprint density at radius 1 is 0.371 bits per heavy atom. The van der Waals surface area contributed by atoms with Crippen LogP contribution >= 0.6 is 62.3 Å². The maximum Gasteiger partial charge on any atom is 0.489 e. The quantitative estimate of drug-likeness (QED) is 0.105. The topological polar surface area (TPSA) is 40.5 Å².